The zero-order valence-electron chi connectivity index (χ0n) is 10.9. The standard InChI is InChI=1S/C11H16N6OS/c1-3-5-7(10-14-16-17-15-10)13-11(18)8-6-12-9(4-2)19-8/h6-7H,3-5H2,1-2H3,(H,13,18)(H,14,15,16,17)/t7-/m1/s1. The normalized spacial score (nSPS) is 12.3. The van der Waals surface area contributed by atoms with E-state index in [1.54, 1.807) is 6.20 Å². The van der Waals surface area contributed by atoms with E-state index in [4.69, 9.17) is 0 Å². The smallest absolute Gasteiger partial charge is 0.263 e. The molecule has 19 heavy (non-hydrogen) atoms. The predicted octanol–water partition coefficient (Wildman–Crippen LogP) is 1.49. The number of nitrogens with one attached hydrogen (secondary N) is 2. The van der Waals surface area contributed by atoms with Crippen LogP contribution in [0.25, 0.3) is 0 Å². The zero-order chi connectivity index (χ0) is 13.7. The highest BCUT2D eigenvalue weighted by Gasteiger charge is 2.20. The Hall–Kier alpha value is -1.83. The maximum atomic E-state index is 12.1. The van der Waals surface area contributed by atoms with Crippen molar-refractivity contribution < 1.29 is 4.79 Å². The number of hydrogen-bond donors (Lipinski definition) is 2. The number of nitrogens with zero attached hydrogens (tertiary/aromatic N) is 4. The summed E-state index contributed by atoms with van der Waals surface area (Å²) < 4.78 is 0. The summed E-state index contributed by atoms with van der Waals surface area (Å²) in [5.74, 6) is 0.371. The van der Waals surface area contributed by atoms with Crippen molar-refractivity contribution in [1.82, 2.24) is 30.9 Å². The first-order valence-electron chi connectivity index (χ1n) is 6.23. The Bertz CT molecular complexity index is 523. The van der Waals surface area contributed by atoms with Gasteiger partial charge in [-0.1, -0.05) is 25.5 Å². The maximum absolute atomic E-state index is 12.1. The summed E-state index contributed by atoms with van der Waals surface area (Å²) in [6.07, 6.45) is 4.13. The minimum absolute atomic E-state index is 0.138. The lowest BCUT2D eigenvalue weighted by atomic mass is 10.1. The van der Waals surface area contributed by atoms with Gasteiger partial charge in [0.05, 0.1) is 17.2 Å². The van der Waals surface area contributed by atoms with Crippen molar-refractivity contribution in [2.45, 2.75) is 39.2 Å². The van der Waals surface area contributed by atoms with Crippen molar-refractivity contribution in [3.8, 4) is 0 Å². The van der Waals surface area contributed by atoms with Gasteiger partial charge in [0.1, 0.15) is 4.88 Å². The highest BCUT2D eigenvalue weighted by Crippen LogP contribution is 2.17. The Morgan fingerprint density at radius 3 is 2.95 bits per heavy atom. The molecule has 0 bridgehead atoms. The number of carbonyl (C=O) groups is 1. The Morgan fingerprint density at radius 2 is 2.37 bits per heavy atom. The molecule has 1 atom stereocenters. The number of amides is 1. The number of carbonyl (C=O) groups excluding carboxylic acids is 1. The SMILES string of the molecule is CCC[C@@H](NC(=O)c1cnc(CC)s1)c1nn[nH]n1. The van der Waals surface area contributed by atoms with Crippen molar-refractivity contribution >= 4 is 17.2 Å². The fourth-order valence-corrected chi connectivity index (χ4v) is 2.44. The second kappa shape index (κ2) is 6.37. The van der Waals surface area contributed by atoms with Gasteiger partial charge in [-0.15, -0.1) is 21.5 Å². The second-order valence-corrected chi connectivity index (χ2v) is 5.17. The third-order valence-corrected chi connectivity index (χ3v) is 3.78. The number of aromatic nitrogens is 5. The summed E-state index contributed by atoms with van der Waals surface area (Å²) in [5.41, 5.74) is 0. The lowest BCUT2D eigenvalue weighted by Gasteiger charge is -2.13. The first-order chi connectivity index (χ1) is 9.24. The topological polar surface area (TPSA) is 96.5 Å². The van der Waals surface area contributed by atoms with E-state index in [1.807, 2.05) is 13.8 Å². The lowest BCUT2D eigenvalue weighted by Crippen LogP contribution is -2.28. The van der Waals surface area contributed by atoms with E-state index in [-0.39, 0.29) is 11.9 Å². The molecule has 8 heteroatoms. The molecule has 1 amide bonds. The van der Waals surface area contributed by atoms with Crippen LogP contribution in [0, 0.1) is 0 Å². The molecule has 0 saturated carbocycles. The van der Waals surface area contributed by atoms with Gasteiger partial charge in [-0.25, -0.2) is 4.98 Å². The molecule has 0 radical (unpaired) electrons. The monoisotopic (exact) mass is 280 g/mol. The fourth-order valence-electron chi connectivity index (χ4n) is 1.68. The summed E-state index contributed by atoms with van der Waals surface area (Å²) in [6.45, 7) is 4.06. The minimum Gasteiger partial charge on any atom is -0.341 e. The van der Waals surface area contributed by atoms with E-state index < -0.39 is 0 Å². The number of aromatic amines is 1. The first kappa shape index (κ1) is 13.6. The first-order valence-corrected chi connectivity index (χ1v) is 7.05. The van der Waals surface area contributed by atoms with Gasteiger partial charge < -0.3 is 5.32 Å². The molecule has 0 saturated heterocycles. The molecular formula is C11H16N6OS. The van der Waals surface area contributed by atoms with E-state index in [9.17, 15) is 4.79 Å². The van der Waals surface area contributed by atoms with Crippen LogP contribution in [0.3, 0.4) is 0 Å². The molecule has 102 valence electrons. The molecule has 7 nitrogen and oxygen atoms in total. The van der Waals surface area contributed by atoms with E-state index >= 15 is 0 Å². The van der Waals surface area contributed by atoms with Gasteiger partial charge in [0.2, 0.25) is 0 Å². The van der Waals surface area contributed by atoms with Gasteiger partial charge in [-0.2, -0.15) is 5.21 Å². The van der Waals surface area contributed by atoms with Crippen LogP contribution in [0.5, 0.6) is 0 Å². The fraction of sp³-hybridized carbons (Fsp3) is 0.545. The predicted molar refractivity (Wildman–Crippen MR) is 70.8 cm³/mol. The molecule has 2 aromatic rings. The molecule has 0 aliphatic carbocycles. The summed E-state index contributed by atoms with van der Waals surface area (Å²) >= 11 is 1.41. The van der Waals surface area contributed by atoms with Crippen molar-refractivity contribution in [3.63, 3.8) is 0 Å². The van der Waals surface area contributed by atoms with Gasteiger partial charge >= 0.3 is 0 Å². The molecule has 0 aliphatic rings. The average molecular weight is 280 g/mol. The highest BCUT2D eigenvalue weighted by atomic mass is 32.1. The van der Waals surface area contributed by atoms with Crippen molar-refractivity contribution in [3.05, 3.63) is 21.9 Å². The Balaban J connectivity index is 2.06. The molecule has 2 N–H and O–H groups in total. The van der Waals surface area contributed by atoms with Crippen LogP contribution in [0.2, 0.25) is 0 Å². The molecule has 2 aromatic heterocycles. The van der Waals surface area contributed by atoms with E-state index in [2.05, 4.69) is 30.9 Å². The quantitative estimate of drug-likeness (QED) is 0.835. The van der Waals surface area contributed by atoms with Gasteiger partial charge in [0.15, 0.2) is 5.82 Å². The summed E-state index contributed by atoms with van der Waals surface area (Å²) in [4.78, 5) is 16.9. The van der Waals surface area contributed by atoms with Gasteiger partial charge in [-0.05, 0) is 12.8 Å². The van der Waals surface area contributed by atoms with Crippen molar-refractivity contribution in [2.24, 2.45) is 0 Å². The highest BCUT2D eigenvalue weighted by molar-refractivity contribution is 7.13. The minimum atomic E-state index is -0.219. The molecule has 0 aromatic carbocycles. The van der Waals surface area contributed by atoms with E-state index in [1.165, 1.54) is 11.3 Å². The van der Waals surface area contributed by atoms with E-state index in [0.717, 1.165) is 24.3 Å². The van der Waals surface area contributed by atoms with Crippen LogP contribution in [0.4, 0.5) is 0 Å². The molecular weight excluding hydrogens is 264 g/mol. The van der Waals surface area contributed by atoms with E-state index in [0.29, 0.717) is 10.7 Å². The molecule has 0 aliphatic heterocycles. The van der Waals surface area contributed by atoms with Crippen LogP contribution >= 0.6 is 11.3 Å². The van der Waals surface area contributed by atoms with Crippen molar-refractivity contribution in [1.29, 1.82) is 0 Å². The summed E-state index contributed by atoms with van der Waals surface area (Å²) in [7, 11) is 0. The van der Waals surface area contributed by atoms with Gasteiger partial charge in [-0.3, -0.25) is 4.79 Å². The maximum Gasteiger partial charge on any atom is 0.263 e. The van der Waals surface area contributed by atoms with Gasteiger partial charge in [0, 0.05) is 0 Å². The van der Waals surface area contributed by atoms with Crippen LogP contribution in [0.15, 0.2) is 6.20 Å². The molecule has 0 fully saturated rings. The number of H-pyrrole nitrogens is 1. The summed E-state index contributed by atoms with van der Waals surface area (Å²) in [5, 5.41) is 17.7. The molecule has 2 heterocycles. The number of hydrogen-bond acceptors (Lipinski definition) is 6. The third kappa shape index (κ3) is 3.34. The molecule has 0 unspecified atom stereocenters. The molecule has 0 spiro atoms. The largest absolute Gasteiger partial charge is 0.341 e. The van der Waals surface area contributed by atoms with Crippen LogP contribution in [-0.4, -0.2) is 31.5 Å². The van der Waals surface area contributed by atoms with Crippen molar-refractivity contribution in [2.75, 3.05) is 0 Å². The van der Waals surface area contributed by atoms with Gasteiger partial charge in [0.25, 0.3) is 5.91 Å². The zero-order valence-corrected chi connectivity index (χ0v) is 11.7. The van der Waals surface area contributed by atoms with Crippen LogP contribution in [-0.2, 0) is 6.42 Å². The lowest BCUT2D eigenvalue weighted by molar-refractivity contribution is 0.0936. The van der Waals surface area contributed by atoms with Crippen LogP contribution < -0.4 is 5.32 Å². The molecule has 2 rings (SSSR count). The Kier molecular flexibility index (Phi) is 4.56. The average Bonchev–Trinajstić information content (AvgIpc) is 3.09. The third-order valence-electron chi connectivity index (χ3n) is 2.64. The number of aryl methyl sites for hydroxylation is 1. The number of rotatable bonds is 6. The van der Waals surface area contributed by atoms with Crippen LogP contribution in [0.1, 0.15) is 53.2 Å². The Morgan fingerprint density at radius 1 is 1.53 bits per heavy atom. The number of tetrazole rings is 1. The Labute approximate surface area is 114 Å². The number of thiazole rings is 1. The second-order valence-electron chi connectivity index (χ2n) is 4.06. The summed E-state index contributed by atoms with van der Waals surface area (Å²) in [6, 6.07) is -0.219.